The van der Waals surface area contributed by atoms with E-state index in [1.165, 1.54) is 0 Å². The Kier molecular flexibility index (Phi) is 14.8. The number of hydrogen-bond acceptors (Lipinski definition) is 9. The molecule has 1 aromatic carbocycles. The van der Waals surface area contributed by atoms with E-state index < -0.39 is 77.8 Å². The molecule has 0 radical (unpaired) electrons. The molecule has 0 spiro atoms. The number of nitrogens with one attached hydrogen (secondary N) is 5. The monoisotopic (exact) mass is 735 g/mol. The summed E-state index contributed by atoms with van der Waals surface area (Å²) in [7, 11) is 0. The van der Waals surface area contributed by atoms with Crippen LogP contribution in [-0.2, 0) is 38.2 Å². The standard InChI is InChI=1S/C39H53N5O9/c1-5-20-52-38(51)44-31(26-12-8-6-9-13-26)35(48)42-29(22-25-18-19-25)34(47)41-28(21-24-16-17-24)33(46)36(49)40-23-30(45)43-32(27-14-10-7-11-15-27)37(50)53-39(2,3)4/h1,7,10-11,14-15,24-26,28-29,31-32H,6,8-9,12-13,16-23H2,2-4H3,(H,40,49)(H,41,47)(H,42,48)(H,43,45)(H,44,51). The minimum atomic E-state index is -1.19. The Morgan fingerprint density at radius 2 is 1.40 bits per heavy atom. The average Bonchev–Trinajstić information content (AvgIpc) is 4.07. The number of hydrogen-bond donors (Lipinski definition) is 5. The number of carbonyl (C=O) groups is 7. The highest BCUT2D eigenvalue weighted by atomic mass is 16.6. The maximum Gasteiger partial charge on any atom is 0.408 e. The van der Waals surface area contributed by atoms with Crippen molar-refractivity contribution < 1.29 is 43.0 Å². The van der Waals surface area contributed by atoms with Crippen LogP contribution in [0.2, 0.25) is 0 Å². The molecule has 14 heteroatoms. The SMILES string of the molecule is C#CCOC(=O)NC(C(=O)NC(CC1CC1)C(=O)NC(CC1CC1)C(=O)C(=O)NCC(=O)NC(C(=O)OC(C)(C)C)c1ccccc1)C1CCCCC1. The van der Waals surface area contributed by atoms with E-state index in [9.17, 15) is 33.6 Å². The number of ketones is 1. The zero-order valence-electron chi connectivity index (χ0n) is 30.9. The van der Waals surface area contributed by atoms with E-state index in [-0.39, 0.29) is 30.8 Å². The molecule has 14 nitrogen and oxygen atoms in total. The van der Waals surface area contributed by atoms with Gasteiger partial charge in [-0.3, -0.25) is 24.0 Å². The van der Waals surface area contributed by atoms with Gasteiger partial charge in [-0.25, -0.2) is 9.59 Å². The van der Waals surface area contributed by atoms with Gasteiger partial charge in [0.2, 0.25) is 23.5 Å². The van der Waals surface area contributed by atoms with E-state index in [1.54, 1.807) is 51.1 Å². The van der Waals surface area contributed by atoms with Crippen LogP contribution in [-0.4, -0.2) is 78.4 Å². The average molecular weight is 736 g/mol. The van der Waals surface area contributed by atoms with Crippen LogP contribution in [0.4, 0.5) is 4.79 Å². The highest BCUT2D eigenvalue weighted by Gasteiger charge is 2.39. The second kappa shape index (κ2) is 19.2. The Morgan fingerprint density at radius 3 is 1.98 bits per heavy atom. The first kappa shape index (κ1) is 40.8. The highest BCUT2D eigenvalue weighted by molar-refractivity contribution is 6.38. The van der Waals surface area contributed by atoms with Crippen molar-refractivity contribution in [3.63, 3.8) is 0 Å². The molecule has 0 heterocycles. The molecule has 0 aromatic heterocycles. The van der Waals surface area contributed by atoms with E-state index in [2.05, 4.69) is 32.5 Å². The van der Waals surface area contributed by atoms with Crippen molar-refractivity contribution in [2.75, 3.05) is 13.2 Å². The second-order valence-electron chi connectivity index (χ2n) is 15.3. The maximum absolute atomic E-state index is 13.8. The number of rotatable bonds is 18. The van der Waals surface area contributed by atoms with Crippen molar-refractivity contribution >= 4 is 41.5 Å². The predicted octanol–water partition coefficient (Wildman–Crippen LogP) is 2.75. The van der Waals surface area contributed by atoms with Gasteiger partial charge >= 0.3 is 12.1 Å². The molecule has 53 heavy (non-hydrogen) atoms. The third kappa shape index (κ3) is 13.9. The normalized spacial score (nSPS) is 18.1. The fourth-order valence-corrected chi connectivity index (χ4v) is 6.41. The van der Waals surface area contributed by atoms with Crippen LogP contribution < -0.4 is 26.6 Å². The summed E-state index contributed by atoms with van der Waals surface area (Å²) >= 11 is 0. The number of amides is 5. The minimum absolute atomic E-state index is 0.131. The Bertz CT molecular complexity index is 1520. The molecule has 3 saturated carbocycles. The first-order chi connectivity index (χ1) is 25.2. The molecule has 5 N–H and O–H groups in total. The number of benzene rings is 1. The molecule has 3 aliphatic rings. The summed E-state index contributed by atoms with van der Waals surface area (Å²) in [4.78, 5) is 92.4. The van der Waals surface area contributed by atoms with Crippen LogP contribution in [0.1, 0.15) is 103 Å². The van der Waals surface area contributed by atoms with E-state index >= 15 is 0 Å². The van der Waals surface area contributed by atoms with Gasteiger partial charge in [0.15, 0.2) is 12.6 Å². The molecule has 3 aliphatic carbocycles. The number of alkyl carbamates (subject to hydrolysis) is 1. The van der Waals surface area contributed by atoms with Crippen LogP contribution in [0.5, 0.6) is 0 Å². The van der Waals surface area contributed by atoms with Crippen molar-refractivity contribution in [3.05, 3.63) is 35.9 Å². The molecule has 0 saturated heterocycles. The third-order valence-electron chi connectivity index (χ3n) is 9.48. The molecule has 0 aliphatic heterocycles. The number of carbonyl (C=O) groups excluding carboxylic acids is 7. The van der Waals surface area contributed by atoms with Gasteiger partial charge < -0.3 is 36.1 Å². The Hall–Kier alpha value is -4.93. The van der Waals surface area contributed by atoms with Crippen molar-refractivity contribution in [1.29, 1.82) is 0 Å². The molecule has 4 rings (SSSR count). The summed E-state index contributed by atoms with van der Waals surface area (Å²) in [5, 5.41) is 13.1. The lowest BCUT2D eigenvalue weighted by molar-refractivity contribution is -0.158. The van der Waals surface area contributed by atoms with Crippen molar-refractivity contribution in [2.45, 2.75) is 121 Å². The van der Waals surface area contributed by atoms with Crippen LogP contribution in [0.3, 0.4) is 0 Å². The summed E-state index contributed by atoms with van der Waals surface area (Å²) in [6.07, 6.45) is 12.6. The van der Waals surface area contributed by atoms with Gasteiger partial charge in [0, 0.05) is 0 Å². The molecule has 4 unspecified atom stereocenters. The lowest BCUT2D eigenvalue weighted by Crippen LogP contribution is -2.58. The summed E-state index contributed by atoms with van der Waals surface area (Å²) in [5.74, 6) is -2.19. The summed E-state index contributed by atoms with van der Waals surface area (Å²) in [6, 6.07) is 4.17. The first-order valence-corrected chi connectivity index (χ1v) is 18.6. The third-order valence-corrected chi connectivity index (χ3v) is 9.48. The largest absolute Gasteiger partial charge is 0.458 e. The number of Topliss-reactive ketones (excluding diaryl/α,β-unsaturated/α-hetero) is 1. The first-order valence-electron chi connectivity index (χ1n) is 18.6. The number of ether oxygens (including phenoxy) is 2. The van der Waals surface area contributed by atoms with E-state index in [1.807, 2.05) is 0 Å². The number of terminal acetylenes is 1. The molecule has 5 amide bonds. The van der Waals surface area contributed by atoms with E-state index in [0.717, 1.165) is 44.9 Å². The molecule has 1 aromatic rings. The van der Waals surface area contributed by atoms with Gasteiger partial charge in [-0.1, -0.05) is 81.2 Å². The van der Waals surface area contributed by atoms with Gasteiger partial charge in [0.25, 0.3) is 5.91 Å². The Morgan fingerprint density at radius 1 is 0.792 bits per heavy atom. The molecular formula is C39H53N5O9. The van der Waals surface area contributed by atoms with Gasteiger partial charge in [0.1, 0.15) is 17.7 Å². The maximum atomic E-state index is 13.8. The van der Waals surface area contributed by atoms with Gasteiger partial charge in [0.05, 0.1) is 12.6 Å². The summed E-state index contributed by atoms with van der Waals surface area (Å²) in [5.41, 5.74) is -0.344. The van der Waals surface area contributed by atoms with Crippen LogP contribution >= 0.6 is 0 Å². The second-order valence-corrected chi connectivity index (χ2v) is 15.3. The lowest BCUT2D eigenvalue weighted by atomic mass is 9.83. The summed E-state index contributed by atoms with van der Waals surface area (Å²) < 4.78 is 10.5. The highest BCUT2D eigenvalue weighted by Crippen LogP contribution is 2.35. The predicted molar refractivity (Wildman–Crippen MR) is 193 cm³/mol. The quantitative estimate of drug-likeness (QED) is 0.0855. The van der Waals surface area contributed by atoms with Crippen LogP contribution in [0.25, 0.3) is 0 Å². The van der Waals surface area contributed by atoms with E-state index in [0.29, 0.717) is 24.8 Å². The van der Waals surface area contributed by atoms with Gasteiger partial charge in [-0.15, -0.1) is 6.42 Å². The van der Waals surface area contributed by atoms with Crippen molar-refractivity contribution in [1.82, 2.24) is 26.6 Å². The smallest absolute Gasteiger partial charge is 0.408 e. The fourth-order valence-electron chi connectivity index (χ4n) is 6.41. The molecule has 3 fully saturated rings. The lowest BCUT2D eigenvalue weighted by Gasteiger charge is -2.31. The zero-order valence-corrected chi connectivity index (χ0v) is 30.9. The molecular weight excluding hydrogens is 682 g/mol. The minimum Gasteiger partial charge on any atom is -0.458 e. The number of esters is 1. The van der Waals surface area contributed by atoms with Gasteiger partial charge in [-0.2, -0.15) is 0 Å². The molecule has 0 bridgehead atoms. The Balaban J connectivity index is 1.40. The van der Waals surface area contributed by atoms with Crippen molar-refractivity contribution in [3.8, 4) is 12.3 Å². The van der Waals surface area contributed by atoms with E-state index in [4.69, 9.17) is 15.9 Å². The molecule has 4 atom stereocenters. The fraction of sp³-hybridized carbons (Fsp3) is 0.615. The van der Waals surface area contributed by atoms with Crippen molar-refractivity contribution in [2.24, 2.45) is 17.8 Å². The Labute approximate surface area is 311 Å². The molecule has 288 valence electrons. The zero-order chi connectivity index (χ0) is 38.5. The topological polar surface area (TPSA) is 198 Å². The van der Waals surface area contributed by atoms with Crippen LogP contribution in [0, 0.1) is 30.1 Å². The van der Waals surface area contributed by atoms with Gasteiger partial charge in [-0.05, 0) is 69.8 Å². The van der Waals surface area contributed by atoms with Crippen LogP contribution in [0.15, 0.2) is 30.3 Å². The summed E-state index contributed by atoms with van der Waals surface area (Å²) in [6.45, 7) is 4.24.